The Morgan fingerprint density at radius 1 is 1.47 bits per heavy atom. The summed E-state index contributed by atoms with van der Waals surface area (Å²) in [5.74, 6) is 1.31. The summed E-state index contributed by atoms with van der Waals surface area (Å²) in [6.07, 6.45) is 1.25. The first-order valence-corrected chi connectivity index (χ1v) is 5.56. The summed E-state index contributed by atoms with van der Waals surface area (Å²) in [7, 11) is 1.96. The van der Waals surface area contributed by atoms with Crippen molar-refractivity contribution in [3.63, 3.8) is 0 Å². The minimum absolute atomic E-state index is 0.135. The highest BCUT2D eigenvalue weighted by Gasteiger charge is 2.39. The predicted octanol–water partition coefficient (Wildman–Crippen LogP) is 3.05. The van der Waals surface area contributed by atoms with E-state index in [9.17, 15) is 4.39 Å². The van der Waals surface area contributed by atoms with Crippen LogP contribution in [-0.4, -0.2) is 7.05 Å². The fourth-order valence-corrected chi connectivity index (χ4v) is 2.36. The standard InChI is InChI=1S/C13H18FN/c1-8-4-5-10(14)7-12(8)13(15-3)11-6-9(11)2/h4-5,7,9,11,13,15H,6H2,1-3H3. The van der Waals surface area contributed by atoms with E-state index in [0.717, 1.165) is 11.5 Å². The molecule has 1 aliphatic rings. The summed E-state index contributed by atoms with van der Waals surface area (Å²) in [5.41, 5.74) is 2.29. The molecule has 0 aromatic heterocycles. The van der Waals surface area contributed by atoms with E-state index in [-0.39, 0.29) is 5.82 Å². The molecular formula is C13H18FN. The van der Waals surface area contributed by atoms with Crippen molar-refractivity contribution in [3.05, 3.63) is 35.1 Å². The number of aryl methyl sites for hydroxylation is 1. The number of hydrogen-bond acceptors (Lipinski definition) is 1. The quantitative estimate of drug-likeness (QED) is 0.803. The van der Waals surface area contributed by atoms with Gasteiger partial charge >= 0.3 is 0 Å². The minimum Gasteiger partial charge on any atom is -0.313 e. The Labute approximate surface area is 90.7 Å². The maximum atomic E-state index is 13.2. The molecule has 0 saturated heterocycles. The summed E-state index contributed by atoms with van der Waals surface area (Å²) in [6.45, 7) is 4.30. The molecule has 1 fully saturated rings. The van der Waals surface area contributed by atoms with Gasteiger partial charge in [-0.3, -0.25) is 0 Å². The van der Waals surface area contributed by atoms with Gasteiger partial charge in [-0.05, 0) is 55.5 Å². The first kappa shape index (κ1) is 10.6. The van der Waals surface area contributed by atoms with Gasteiger partial charge < -0.3 is 5.32 Å². The highest BCUT2D eigenvalue weighted by Crippen LogP contribution is 2.47. The van der Waals surface area contributed by atoms with Gasteiger partial charge in [-0.25, -0.2) is 4.39 Å². The Morgan fingerprint density at radius 2 is 2.13 bits per heavy atom. The van der Waals surface area contributed by atoms with Crippen LogP contribution in [0.4, 0.5) is 4.39 Å². The van der Waals surface area contributed by atoms with Crippen molar-refractivity contribution in [2.45, 2.75) is 26.3 Å². The highest BCUT2D eigenvalue weighted by atomic mass is 19.1. The zero-order valence-electron chi connectivity index (χ0n) is 9.55. The molecule has 2 rings (SSSR count). The van der Waals surface area contributed by atoms with Gasteiger partial charge in [0, 0.05) is 6.04 Å². The van der Waals surface area contributed by atoms with Crippen LogP contribution in [0.15, 0.2) is 18.2 Å². The lowest BCUT2D eigenvalue weighted by Gasteiger charge is -2.18. The van der Waals surface area contributed by atoms with E-state index < -0.39 is 0 Å². The summed E-state index contributed by atoms with van der Waals surface area (Å²) in [4.78, 5) is 0. The molecule has 15 heavy (non-hydrogen) atoms. The van der Waals surface area contributed by atoms with Gasteiger partial charge in [0.15, 0.2) is 0 Å². The minimum atomic E-state index is -0.135. The van der Waals surface area contributed by atoms with Gasteiger partial charge in [0.2, 0.25) is 0 Å². The van der Waals surface area contributed by atoms with Gasteiger partial charge in [0.05, 0.1) is 0 Å². The van der Waals surface area contributed by atoms with E-state index in [1.165, 1.54) is 18.1 Å². The van der Waals surface area contributed by atoms with Crippen LogP contribution in [0.25, 0.3) is 0 Å². The Morgan fingerprint density at radius 3 is 2.67 bits per heavy atom. The fourth-order valence-electron chi connectivity index (χ4n) is 2.36. The second-order valence-corrected chi connectivity index (χ2v) is 4.64. The van der Waals surface area contributed by atoms with E-state index in [4.69, 9.17) is 0 Å². The van der Waals surface area contributed by atoms with Crippen molar-refractivity contribution in [3.8, 4) is 0 Å². The maximum Gasteiger partial charge on any atom is 0.123 e. The third-order valence-corrected chi connectivity index (χ3v) is 3.49. The Kier molecular flexibility index (Phi) is 2.79. The molecule has 1 nitrogen and oxygen atoms in total. The Balaban J connectivity index is 2.29. The van der Waals surface area contributed by atoms with Crippen molar-refractivity contribution < 1.29 is 4.39 Å². The van der Waals surface area contributed by atoms with E-state index in [1.54, 1.807) is 6.07 Å². The molecule has 1 N–H and O–H groups in total. The van der Waals surface area contributed by atoms with Gasteiger partial charge in [0.25, 0.3) is 0 Å². The van der Waals surface area contributed by atoms with Crippen molar-refractivity contribution >= 4 is 0 Å². The third-order valence-electron chi connectivity index (χ3n) is 3.49. The van der Waals surface area contributed by atoms with Crippen molar-refractivity contribution in [1.82, 2.24) is 5.32 Å². The molecule has 1 saturated carbocycles. The van der Waals surface area contributed by atoms with E-state index in [1.807, 2.05) is 20.0 Å². The highest BCUT2D eigenvalue weighted by molar-refractivity contribution is 5.31. The molecule has 0 radical (unpaired) electrons. The fraction of sp³-hybridized carbons (Fsp3) is 0.538. The Bertz CT molecular complexity index is 362. The lowest BCUT2D eigenvalue weighted by Crippen LogP contribution is -2.20. The van der Waals surface area contributed by atoms with Gasteiger partial charge in [-0.2, -0.15) is 0 Å². The summed E-state index contributed by atoms with van der Waals surface area (Å²) in [6, 6.07) is 5.38. The van der Waals surface area contributed by atoms with Crippen molar-refractivity contribution in [2.75, 3.05) is 7.05 Å². The Hall–Kier alpha value is -0.890. The summed E-state index contributed by atoms with van der Waals surface area (Å²) < 4.78 is 13.2. The normalized spacial score (nSPS) is 26.4. The largest absolute Gasteiger partial charge is 0.313 e. The molecule has 1 aliphatic carbocycles. The van der Waals surface area contributed by atoms with Crippen LogP contribution in [0.3, 0.4) is 0 Å². The molecule has 2 heteroatoms. The van der Waals surface area contributed by atoms with Crippen LogP contribution in [0.5, 0.6) is 0 Å². The number of hydrogen-bond donors (Lipinski definition) is 1. The first-order valence-electron chi connectivity index (χ1n) is 5.56. The molecular weight excluding hydrogens is 189 g/mol. The zero-order valence-corrected chi connectivity index (χ0v) is 9.55. The smallest absolute Gasteiger partial charge is 0.123 e. The van der Waals surface area contributed by atoms with Gasteiger partial charge in [0.1, 0.15) is 5.82 Å². The molecule has 0 bridgehead atoms. The molecule has 1 aromatic rings. The maximum absolute atomic E-state index is 13.2. The van der Waals surface area contributed by atoms with E-state index >= 15 is 0 Å². The average molecular weight is 207 g/mol. The second-order valence-electron chi connectivity index (χ2n) is 4.64. The van der Waals surface area contributed by atoms with Crippen LogP contribution >= 0.6 is 0 Å². The van der Waals surface area contributed by atoms with Crippen LogP contribution in [0, 0.1) is 24.6 Å². The van der Waals surface area contributed by atoms with Gasteiger partial charge in [-0.1, -0.05) is 13.0 Å². The zero-order chi connectivity index (χ0) is 11.0. The molecule has 0 aliphatic heterocycles. The predicted molar refractivity (Wildman–Crippen MR) is 60.2 cm³/mol. The average Bonchev–Trinajstić information content (AvgIpc) is 2.90. The van der Waals surface area contributed by atoms with Crippen LogP contribution < -0.4 is 5.32 Å². The molecule has 0 spiro atoms. The number of rotatable bonds is 3. The molecule has 0 amide bonds. The topological polar surface area (TPSA) is 12.0 Å². The number of halogens is 1. The van der Waals surface area contributed by atoms with E-state index in [0.29, 0.717) is 12.0 Å². The number of benzene rings is 1. The third kappa shape index (κ3) is 2.05. The SMILES string of the molecule is CNC(c1cc(F)ccc1C)C1CC1C. The van der Waals surface area contributed by atoms with Crippen molar-refractivity contribution in [1.29, 1.82) is 0 Å². The summed E-state index contributed by atoms with van der Waals surface area (Å²) in [5, 5.41) is 3.31. The molecule has 3 unspecified atom stereocenters. The van der Waals surface area contributed by atoms with Crippen LogP contribution in [0.1, 0.15) is 30.5 Å². The van der Waals surface area contributed by atoms with Gasteiger partial charge in [-0.15, -0.1) is 0 Å². The van der Waals surface area contributed by atoms with Crippen LogP contribution in [-0.2, 0) is 0 Å². The molecule has 1 aromatic carbocycles. The molecule has 0 heterocycles. The van der Waals surface area contributed by atoms with Crippen molar-refractivity contribution in [2.24, 2.45) is 11.8 Å². The first-order chi connectivity index (χ1) is 7.13. The second kappa shape index (κ2) is 3.93. The monoisotopic (exact) mass is 207 g/mol. The number of nitrogens with one attached hydrogen (secondary N) is 1. The van der Waals surface area contributed by atoms with Crippen LogP contribution in [0.2, 0.25) is 0 Å². The lowest BCUT2D eigenvalue weighted by atomic mass is 9.97. The molecule has 3 atom stereocenters. The lowest BCUT2D eigenvalue weighted by molar-refractivity contribution is 0.497. The van der Waals surface area contributed by atoms with E-state index in [2.05, 4.69) is 12.2 Å². The molecule has 82 valence electrons. The summed E-state index contributed by atoms with van der Waals surface area (Å²) >= 11 is 0.